The Bertz CT molecular complexity index is 953. The fraction of sp³-hybridized carbons (Fsp3) is 0.364. The van der Waals surface area contributed by atoms with E-state index in [4.69, 9.17) is 9.47 Å². The molecular weight excluding hydrogens is 354 g/mol. The van der Waals surface area contributed by atoms with Crippen LogP contribution in [0.5, 0.6) is 5.75 Å². The van der Waals surface area contributed by atoms with Crippen molar-refractivity contribution in [2.75, 3.05) is 20.2 Å². The van der Waals surface area contributed by atoms with Crippen LogP contribution in [-0.2, 0) is 17.9 Å². The van der Waals surface area contributed by atoms with Crippen LogP contribution < -0.4 is 4.74 Å². The van der Waals surface area contributed by atoms with Gasteiger partial charge in [-0.05, 0) is 48.6 Å². The number of imidazole rings is 1. The molecule has 0 radical (unpaired) electrons. The van der Waals surface area contributed by atoms with Crippen molar-refractivity contribution in [1.29, 1.82) is 0 Å². The van der Waals surface area contributed by atoms with Crippen LogP contribution in [0.15, 0.2) is 54.9 Å². The van der Waals surface area contributed by atoms with E-state index in [9.17, 15) is 4.79 Å². The summed E-state index contributed by atoms with van der Waals surface area (Å²) in [6.45, 7) is 2.57. The molecule has 1 fully saturated rings. The van der Waals surface area contributed by atoms with Crippen molar-refractivity contribution in [2.45, 2.75) is 26.0 Å². The zero-order chi connectivity index (χ0) is 19.3. The Morgan fingerprint density at radius 3 is 3.00 bits per heavy atom. The number of hydrogen-bond donors (Lipinski definition) is 0. The third-order valence-electron chi connectivity index (χ3n) is 5.26. The first-order valence-electron chi connectivity index (χ1n) is 9.67. The number of aromatic nitrogens is 2. The Balaban J connectivity index is 1.34. The molecule has 146 valence electrons. The lowest BCUT2D eigenvalue weighted by Gasteiger charge is -2.32. The van der Waals surface area contributed by atoms with Gasteiger partial charge in [-0.1, -0.05) is 24.3 Å². The summed E-state index contributed by atoms with van der Waals surface area (Å²) in [6.07, 6.45) is 3.74. The van der Waals surface area contributed by atoms with E-state index in [1.807, 2.05) is 53.7 Å². The molecule has 0 saturated carbocycles. The third-order valence-corrected chi connectivity index (χ3v) is 5.26. The van der Waals surface area contributed by atoms with E-state index >= 15 is 0 Å². The molecule has 1 aliphatic heterocycles. The lowest BCUT2D eigenvalue weighted by atomic mass is 9.98. The van der Waals surface area contributed by atoms with Gasteiger partial charge >= 0.3 is 6.09 Å². The molecule has 1 aliphatic rings. The molecule has 28 heavy (non-hydrogen) atoms. The van der Waals surface area contributed by atoms with Gasteiger partial charge in [0, 0.05) is 19.6 Å². The maximum atomic E-state index is 12.5. The van der Waals surface area contributed by atoms with Gasteiger partial charge in [-0.25, -0.2) is 9.78 Å². The van der Waals surface area contributed by atoms with Crippen molar-refractivity contribution in [3.63, 3.8) is 0 Å². The minimum Gasteiger partial charge on any atom is -0.497 e. The number of likely N-dealkylation sites (tertiary alicyclic amines) is 1. The number of fused-ring (bicyclic) bond motifs is 1. The number of carbonyl (C=O) groups excluding carboxylic acids is 1. The lowest BCUT2D eigenvalue weighted by Crippen LogP contribution is -2.41. The van der Waals surface area contributed by atoms with Crippen molar-refractivity contribution in [3.8, 4) is 5.75 Å². The highest BCUT2D eigenvalue weighted by molar-refractivity contribution is 5.74. The predicted octanol–water partition coefficient (Wildman–Crippen LogP) is 4.09. The number of carbonyl (C=O) groups is 1. The molecule has 4 rings (SSSR count). The maximum Gasteiger partial charge on any atom is 0.410 e. The van der Waals surface area contributed by atoms with Crippen LogP contribution in [-0.4, -0.2) is 40.7 Å². The highest BCUT2D eigenvalue weighted by atomic mass is 16.6. The summed E-state index contributed by atoms with van der Waals surface area (Å²) in [7, 11) is 1.63. The van der Waals surface area contributed by atoms with E-state index in [0.29, 0.717) is 12.5 Å². The molecule has 2 heterocycles. The van der Waals surface area contributed by atoms with Gasteiger partial charge in [-0.15, -0.1) is 0 Å². The lowest BCUT2D eigenvalue weighted by molar-refractivity contribution is 0.0769. The summed E-state index contributed by atoms with van der Waals surface area (Å²) < 4.78 is 12.9. The molecule has 1 amide bonds. The molecule has 0 aliphatic carbocycles. The molecule has 1 aromatic heterocycles. The first-order valence-corrected chi connectivity index (χ1v) is 9.67. The number of nitrogens with zero attached hydrogens (tertiary/aromatic N) is 3. The number of rotatable bonds is 5. The number of hydrogen-bond acceptors (Lipinski definition) is 4. The Labute approximate surface area is 164 Å². The van der Waals surface area contributed by atoms with Gasteiger partial charge in [0.15, 0.2) is 0 Å². The maximum absolute atomic E-state index is 12.5. The Kier molecular flexibility index (Phi) is 5.46. The highest BCUT2D eigenvalue weighted by Crippen LogP contribution is 2.22. The molecule has 1 atom stereocenters. The summed E-state index contributed by atoms with van der Waals surface area (Å²) in [6, 6.07) is 15.7. The van der Waals surface area contributed by atoms with Gasteiger partial charge in [0.05, 0.1) is 24.5 Å². The third kappa shape index (κ3) is 4.11. The number of amides is 1. The first-order chi connectivity index (χ1) is 13.7. The standard InChI is InChI=1S/C22H25N3O3/c1-27-19-8-4-6-17(12-19)15-28-22(26)24-11-5-7-18(13-24)14-25-16-23-20-9-2-3-10-21(20)25/h2-4,6,8-10,12,16,18H,5,7,11,13-15H2,1H3. The van der Waals surface area contributed by atoms with Crippen LogP contribution in [0.3, 0.4) is 0 Å². The summed E-state index contributed by atoms with van der Waals surface area (Å²) in [5, 5.41) is 0. The van der Waals surface area contributed by atoms with E-state index in [1.54, 1.807) is 7.11 Å². The number of para-hydroxylation sites is 2. The van der Waals surface area contributed by atoms with Gasteiger partial charge in [0.25, 0.3) is 0 Å². The second-order valence-corrected chi connectivity index (χ2v) is 7.25. The van der Waals surface area contributed by atoms with E-state index in [1.165, 1.54) is 0 Å². The van der Waals surface area contributed by atoms with E-state index in [-0.39, 0.29) is 12.7 Å². The molecule has 3 aromatic rings. The van der Waals surface area contributed by atoms with Crippen LogP contribution in [0, 0.1) is 5.92 Å². The Hall–Kier alpha value is -3.02. The van der Waals surface area contributed by atoms with Gasteiger partial charge in [-0.3, -0.25) is 0 Å². The number of benzene rings is 2. The van der Waals surface area contributed by atoms with Gasteiger partial charge in [0.1, 0.15) is 12.4 Å². The first kappa shape index (κ1) is 18.3. The fourth-order valence-electron chi connectivity index (χ4n) is 3.81. The summed E-state index contributed by atoms with van der Waals surface area (Å²) in [5.74, 6) is 1.16. The molecule has 6 heteroatoms. The predicted molar refractivity (Wildman–Crippen MR) is 107 cm³/mol. The SMILES string of the molecule is COc1cccc(COC(=O)N2CCCC(Cn3cnc4ccccc43)C2)c1. The topological polar surface area (TPSA) is 56.6 Å². The number of methoxy groups -OCH3 is 1. The fourth-order valence-corrected chi connectivity index (χ4v) is 3.81. The average molecular weight is 379 g/mol. The quantitative estimate of drug-likeness (QED) is 0.670. The monoisotopic (exact) mass is 379 g/mol. The molecule has 2 aromatic carbocycles. The summed E-state index contributed by atoms with van der Waals surface area (Å²) in [4.78, 5) is 18.8. The van der Waals surface area contributed by atoms with Gasteiger partial charge < -0.3 is 18.9 Å². The van der Waals surface area contributed by atoms with Gasteiger partial charge in [0.2, 0.25) is 0 Å². The van der Waals surface area contributed by atoms with Crippen LogP contribution in [0.4, 0.5) is 4.79 Å². The Morgan fingerprint density at radius 1 is 1.21 bits per heavy atom. The zero-order valence-electron chi connectivity index (χ0n) is 16.1. The van der Waals surface area contributed by atoms with Crippen molar-refractivity contribution in [2.24, 2.45) is 5.92 Å². The van der Waals surface area contributed by atoms with Crippen LogP contribution >= 0.6 is 0 Å². The Morgan fingerprint density at radius 2 is 2.11 bits per heavy atom. The second-order valence-electron chi connectivity index (χ2n) is 7.25. The zero-order valence-corrected chi connectivity index (χ0v) is 16.1. The van der Waals surface area contributed by atoms with Crippen LogP contribution in [0.25, 0.3) is 11.0 Å². The highest BCUT2D eigenvalue weighted by Gasteiger charge is 2.25. The molecule has 1 saturated heterocycles. The molecule has 0 bridgehead atoms. The average Bonchev–Trinajstić information content (AvgIpc) is 3.15. The van der Waals surface area contributed by atoms with Crippen molar-refractivity contribution < 1.29 is 14.3 Å². The molecule has 0 spiro atoms. The number of ether oxygens (including phenoxy) is 2. The van der Waals surface area contributed by atoms with Crippen molar-refractivity contribution in [3.05, 3.63) is 60.4 Å². The minimum atomic E-state index is -0.247. The molecule has 1 unspecified atom stereocenters. The largest absolute Gasteiger partial charge is 0.497 e. The molecule has 6 nitrogen and oxygen atoms in total. The van der Waals surface area contributed by atoms with E-state index < -0.39 is 0 Å². The van der Waals surface area contributed by atoms with Crippen LogP contribution in [0.1, 0.15) is 18.4 Å². The molecule has 0 N–H and O–H groups in total. The smallest absolute Gasteiger partial charge is 0.410 e. The van der Waals surface area contributed by atoms with E-state index in [0.717, 1.165) is 48.3 Å². The van der Waals surface area contributed by atoms with Crippen molar-refractivity contribution >= 4 is 17.1 Å². The van der Waals surface area contributed by atoms with Crippen LogP contribution in [0.2, 0.25) is 0 Å². The summed E-state index contributed by atoms with van der Waals surface area (Å²) in [5.41, 5.74) is 3.07. The summed E-state index contributed by atoms with van der Waals surface area (Å²) >= 11 is 0. The van der Waals surface area contributed by atoms with Crippen molar-refractivity contribution in [1.82, 2.24) is 14.5 Å². The minimum absolute atomic E-state index is 0.247. The normalized spacial score (nSPS) is 16.9. The van der Waals surface area contributed by atoms with E-state index in [2.05, 4.69) is 15.6 Å². The van der Waals surface area contributed by atoms with Gasteiger partial charge in [-0.2, -0.15) is 0 Å². The number of piperidine rings is 1. The molecular formula is C22H25N3O3. The second kappa shape index (κ2) is 8.33.